The van der Waals surface area contributed by atoms with E-state index in [2.05, 4.69) is 13.2 Å². The summed E-state index contributed by atoms with van der Waals surface area (Å²) in [5.41, 5.74) is -1.07. The highest BCUT2D eigenvalue weighted by Crippen LogP contribution is 2.20. The van der Waals surface area contributed by atoms with Crippen LogP contribution in [0, 0.1) is 5.41 Å². The fraction of sp³-hybridized carbons (Fsp3) is 0.857. The molecule has 4 nitrogen and oxygen atoms in total. The number of likely N-dealkylation sites (N-methyl/N-ethyl adjacent to an activating group) is 1. The number of ether oxygens (including phenoxy) is 1. The second-order valence-corrected chi connectivity index (χ2v) is 6.11. The van der Waals surface area contributed by atoms with Crippen molar-refractivity contribution in [2.45, 2.75) is 40.2 Å². The lowest BCUT2D eigenvalue weighted by Crippen LogP contribution is -2.44. The Morgan fingerprint density at radius 1 is 1.32 bits per heavy atom. The molecule has 0 fully saturated rings. The normalized spacial score (nSPS) is 13.4. The Morgan fingerprint density at radius 3 is 2.32 bits per heavy atom. The summed E-state index contributed by atoms with van der Waals surface area (Å²) in [4.78, 5) is 26.1. The summed E-state index contributed by atoms with van der Waals surface area (Å²) >= 11 is 1.77. The number of thioether (sulfide) groups is 1. The van der Waals surface area contributed by atoms with E-state index >= 15 is 0 Å². The first-order valence-electron chi connectivity index (χ1n) is 6.70. The number of ketones is 1. The molecule has 0 rings (SSSR count). The van der Waals surface area contributed by atoms with Crippen molar-refractivity contribution in [2.75, 3.05) is 32.2 Å². The van der Waals surface area contributed by atoms with E-state index in [9.17, 15) is 9.59 Å². The fourth-order valence-electron chi connectivity index (χ4n) is 1.73. The van der Waals surface area contributed by atoms with Crippen LogP contribution in [0.2, 0.25) is 0 Å². The van der Waals surface area contributed by atoms with E-state index in [4.69, 9.17) is 4.74 Å². The van der Waals surface area contributed by atoms with Crippen LogP contribution in [-0.4, -0.2) is 54.9 Å². The number of carbonyl (C=O) groups excluding carboxylic acids is 2. The first kappa shape index (κ1) is 18.4. The summed E-state index contributed by atoms with van der Waals surface area (Å²) in [5.74, 6) is 0.458. The molecule has 0 spiro atoms. The van der Waals surface area contributed by atoms with Gasteiger partial charge in [0.1, 0.15) is 5.41 Å². The molecule has 0 heterocycles. The molecule has 0 radical (unpaired) electrons. The van der Waals surface area contributed by atoms with Crippen molar-refractivity contribution in [3.05, 3.63) is 0 Å². The Bertz CT molecular complexity index is 305. The largest absolute Gasteiger partial charge is 0.465 e. The van der Waals surface area contributed by atoms with E-state index in [0.717, 1.165) is 12.2 Å². The first-order valence-corrected chi connectivity index (χ1v) is 8.10. The molecule has 19 heavy (non-hydrogen) atoms. The van der Waals surface area contributed by atoms with Gasteiger partial charge >= 0.3 is 5.97 Å². The number of esters is 1. The van der Waals surface area contributed by atoms with Crippen LogP contribution >= 0.6 is 11.8 Å². The molecular formula is C14H27NO3S. The Morgan fingerprint density at radius 2 is 1.89 bits per heavy atom. The van der Waals surface area contributed by atoms with Crippen LogP contribution in [0.3, 0.4) is 0 Å². The van der Waals surface area contributed by atoms with Gasteiger partial charge in [0.2, 0.25) is 0 Å². The highest BCUT2D eigenvalue weighted by Gasteiger charge is 2.37. The smallest absolute Gasteiger partial charge is 0.319 e. The van der Waals surface area contributed by atoms with E-state index in [0.29, 0.717) is 12.6 Å². The van der Waals surface area contributed by atoms with E-state index in [1.165, 1.54) is 0 Å². The average molecular weight is 289 g/mol. The quantitative estimate of drug-likeness (QED) is 0.481. The molecule has 0 aromatic rings. The minimum Gasteiger partial charge on any atom is -0.465 e. The second kappa shape index (κ2) is 8.59. The van der Waals surface area contributed by atoms with Crippen molar-refractivity contribution >= 4 is 23.5 Å². The van der Waals surface area contributed by atoms with Crippen LogP contribution in [0.4, 0.5) is 0 Å². The third-order valence-electron chi connectivity index (χ3n) is 3.33. The third kappa shape index (κ3) is 5.53. The highest BCUT2D eigenvalue weighted by molar-refractivity contribution is 7.98. The molecule has 0 aliphatic carbocycles. The maximum Gasteiger partial charge on any atom is 0.319 e. The van der Waals surface area contributed by atoms with Gasteiger partial charge in [0.05, 0.1) is 13.2 Å². The third-order valence-corrected chi connectivity index (χ3v) is 4.05. The van der Waals surface area contributed by atoms with Crippen molar-refractivity contribution in [1.82, 2.24) is 4.90 Å². The lowest BCUT2D eigenvalue weighted by Gasteiger charge is -2.29. The number of rotatable bonds is 9. The molecule has 0 aromatic heterocycles. The van der Waals surface area contributed by atoms with Gasteiger partial charge in [0.15, 0.2) is 5.78 Å². The predicted octanol–water partition coefficient (Wildman–Crippen LogP) is 2.22. The van der Waals surface area contributed by atoms with E-state index < -0.39 is 11.4 Å². The summed E-state index contributed by atoms with van der Waals surface area (Å²) in [6, 6.07) is 0.358. The minimum atomic E-state index is -1.07. The maximum atomic E-state index is 12.3. The summed E-state index contributed by atoms with van der Waals surface area (Å²) in [6.45, 7) is 7.71. The number of Topliss-reactive ketones (excluding diaryl/α,β-unsaturated/α-hetero) is 1. The second-order valence-electron chi connectivity index (χ2n) is 5.20. The van der Waals surface area contributed by atoms with Crippen molar-refractivity contribution in [2.24, 2.45) is 5.41 Å². The SMILES string of the molecule is CCOC(=O)C(C)(C)C(=O)CN(C)C(CC)CSC. The van der Waals surface area contributed by atoms with Gasteiger partial charge in [0.25, 0.3) is 0 Å². The Labute approximate surface area is 121 Å². The standard InChI is InChI=1S/C14H27NO3S/c1-7-11(10-19-6)15(5)9-12(16)14(3,4)13(17)18-8-2/h11H,7-10H2,1-6H3. The molecular weight excluding hydrogens is 262 g/mol. The van der Waals surface area contributed by atoms with Crippen molar-refractivity contribution < 1.29 is 14.3 Å². The topological polar surface area (TPSA) is 46.6 Å². The predicted molar refractivity (Wildman–Crippen MR) is 80.5 cm³/mol. The molecule has 0 bridgehead atoms. The molecule has 0 aliphatic heterocycles. The lowest BCUT2D eigenvalue weighted by molar-refractivity contribution is -0.158. The van der Waals surface area contributed by atoms with Crippen molar-refractivity contribution in [3.8, 4) is 0 Å². The first-order chi connectivity index (χ1) is 8.81. The molecule has 1 unspecified atom stereocenters. The zero-order valence-electron chi connectivity index (χ0n) is 13.0. The zero-order chi connectivity index (χ0) is 15.1. The van der Waals surface area contributed by atoms with Crippen molar-refractivity contribution in [3.63, 3.8) is 0 Å². The van der Waals surface area contributed by atoms with Crippen LogP contribution in [0.5, 0.6) is 0 Å². The van der Waals surface area contributed by atoms with Crippen LogP contribution in [0.25, 0.3) is 0 Å². The van der Waals surface area contributed by atoms with Crippen LogP contribution in [0.1, 0.15) is 34.1 Å². The number of hydrogen-bond donors (Lipinski definition) is 0. The molecule has 0 N–H and O–H groups in total. The molecule has 0 amide bonds. The van der Waals surface area contributed by atoms with E-state index in [-0.39, 0.29) is 12.3 Å². The monoisotopic (exact) mass is 289 g/mol. The molecule has 112 valence electrons. The van der Waals surface area contributed by atoms with Gasteiger partial charge in [-0.25, -0.2) is 0 Å². The van der Waals surface area contributed by atoms with Gasteiger partial charge in [0, 0.05) is 11.8 Å². The molecule has 0 aliphatic rings. The fourth-order valence-corrected chi connectivity index (χ4v) is 2.60. The molecule has 0 saturated heterocycles. The van der Waals surface area contributed by atoms with Crippen LogP contribution in [-0.2, 0) is 14.3 Å². The Hall–Kier alpha value is -0.550. The van der Waals surface area contributed by atoms with Gasteiger partial charge in [-0.2, -0.15) is 11.8 Å². The van der Waals surface area contributed by atoms with Gasteiger partial charge in [-0.05, 0) is 40.5 Å². The Kier molecular flexibility index (Phi) is 8.34. The van der Waals surface area contributed by atoms with E-state index in [1.807, 2.05) is 11.9 Å². The van der Waals surface area contributed by atoms with Crippen LogP contribution < -0.4 is 0 Å². The Balaban J connectivity index is 4.62. The summed E-state index contributed by atoms with van der Waals surface area (Å²) in [7, 11) is 1.93. The van der Waals surface area contributed by atoms with Gasteiger partial charge in [-0.3, -0.25) is 14.5 Å². The minimum absolute atomic E-state index is 0.0898. The van der Waals surface area contributed by atoms with E-state index in [1.54, 1.807) is 32.5 Å². The molecule has 0 aromatic carbocycles. The number of carbonyl (C=O) groups is 2. The lowest BCUT2D eigenvalue weighted by atomic mass is 9.87. The summed E-state index contributed by atoms with van der Waals surface area (Å²) < 4.78 is 4.96. The zero-order valence-corrected chi connectivity index (χ0v) is 13.8. The molecule has 5 heteroatoms. The number of nitrogens with zero attached hydrogens (tertiary/aromatic N) is 1. The van der Waals surface area contributed by atoms with Crippen LogP contribution in [0.15, 0.2) is 0 Å². The van der Waals surface area contributed by atoms with Gasteiger partial charge in [-0.15, -0.1) is 0 Å². The maximum absolute atomic E-state index is 12.3. The highest BCUT2D eigenvalue weighted by atomic mass is 32.2. The summed E-state index contributed by atoms with van der Waals surface area (Å²) in [6.07, 6.45) is 3.05. The molecule has 0 saturated carbocycles. The van der Waals surface area contributed by atoms with Crippen molar-refractivity contribution in [1.29, 1.82) is 0 Å². The average Bonchev–Trinajstić information content (AvgIpc) is 2.35. The summed E-state index contributed by atoms with van der Waals surface area (Å²) in [5, 5.41) is 0. The molecule has 1 atom stereocenters. The number of hydrogen-bond acceptors (Lipinski definition) is 5. The van der Waals surface area contributed by atoms with Gasteiger partial charge < -0.3 is 4.74 Å². The van der Waals surface area contributed by atoms with Gasteiger partial charge in [-0.1, -0.05) is 6.92 Å².